The number of rotatable bonds is 7. The van der Waals surface area contributed by atoms with E-state index in [1.54, 1.807) is 31.3 Å². The molecule has 1 aliphatic carbocycles. The fraction of sp³-hybridized carbons (Fsp3) is 0.292. The molecule has 0 amide bonds. The maximum Gasteiger partial charge on any atom is 0.172 e. The van der Waals surface area contributed by atoms with Crippen molar-refractivity contribution in [1.29, 1.82) is 0 Å². The van der Waals surface area contributed by atoms with Gasteiger partial charge in [-0.2, -0.15) is 5.10 Å². The summed E-state index contributed by atoms with van der Waals surface area (Å²) < 4.78 is 12.8. The van der Waals surface area contributed by atoms with Crippen molar-refractivity contribution in [3.63, 3.8) is 0 Å². The van der Waals surface area contributed by atoms with Gasteiger partial charge in [0, 0.05) is 48.0 Å². The highest BCUT2D eigenvalue weighted by molar-refractivity contribution is 5.81. The molecular weight excluding hydrogens is 390 g/mol. The molecule has 1 saturated carbocycles. The maximum atomic E-state index is 5.50. The lowest BCUT2D eigenvalue weighted by Crippen LogP contribution is -2.20. The van der Waals surface area contributed by atoms with E-state index in [0.717, 1.165) is 46.1 Å². The van der Waals surface area contributed by atoms with Crippen LogP contribution >= 0.6 is 0 Å². The van der Waals surface area contributed by atoms with Gasteiger partial charge in [0.2, 0.25) is 0 Å². The molecule has 2 heterocycles. The van der Waals surface area contributed by atoms with Crippen LogP contribution in [-0.2, 0) is 0 Å². The highest BCUT2D eigenvalue weighted by atomic mass is 16.5. The summed E-state index contributed by atoms with van der Waals surface area (Å²) in [6.45, 7) is 2.94. The minimum absolute atomic E-state index is 0.692. The number of aryl methyl sites for hydroxylation is 1. The van der Waals surface area contributed by atoms with Gasteiger partial charge < -0.3 is 14.4 Å². The molecule has 5 rings (SSSR count). The highest BCUT2D eigenvalue weighted by Gasteiger charge is 2.26. The zero-order valence-electron chi connectivity index (χ0n) is 17.9. The van der Waals surface area contributed by atoms with E-state index >= 15 is 0 Å². The number of anilines is 2. The van der Waals surface area contributed by atoms with Gasteiger partial charge in [-0.1, -0.05) is 0 Å². The normalized spacial score (nSPS) is 13.4. The third kappa shape index (κ3) is 3.91. The van der Waals surface area contributed by atoms with E-state index in [4.69, 9.17) is 14.5 Å². The van der Waals surface area contributed by atoms with Gasteiger partial charge in [-0.05, 0) is 49.9 Å². The Morgan fingerprint density at radius 2 is 1.74 bits per heavy atom. The first-order valence-corrected chi connectivity index (χ1v) is 10.4. The van der Waals surface area contributed by atoms with E-state index in [0.29, 0.717) is 11.7 Å². The largest absolute Gasteiger partial charge is 0.497 e. The molecule has 2 aromatic carbocycles. The summed E-state index contributed by atoms with van der Waals surface area (Å²) in [4.78, 5) is 11.8. The van der Waals surface area contributed by atoms with Crippen LogP contribution in [0.15, 0.2) is 54.9 Å². The van der Waals surface area contributed by atoms with Crippen molar-refractivity contribution in [3.05, 3.63) is 60.6 Å². The number of methoxy groups -OCH3 is 2. The van der Waals surface area contributed by atoms with Gasteiger partial charge in [-0.25, -0.2) is 9.67 Å². The van der Waals surface area contributed by atoms with Crippen molar-refractivity contribution in [2.45, 2.75) is 19.8 Å². The van der Waals surface area contributed by atoms with Gasteiger partial charge in [0.1, 0.15) is 11.5 Å². The van der Waals surface area contributed by atoms with Crippen molar-refractivity contribution < 1.29 is 9.47 Å². The molecule has 7 heteroatoms. The highest BCUT2D eigenvalue weighted by Crippen LogP contribution is 2.38. The number of fused-ring (bicyclic) bond motifs is 1. The molecule has 1 aliphatic rings. The van der Waals surface area contributed by atoms with Gasteiger partial charge >= 0.3 is 0 Å². The van der Waals surface area contributed by atoms with Crippen molar-refractivity contribution in [2.75, 3.05) is 25.7 Å². The summed E-state index contributed by atoms with van der Waals surface area (Å²) in [6.07, 6.45) is 6.05. The van der Waals surface area contributed by atoms with Crippen LogP contribution in [0.4, 0.5) is 11.4 Å². The molecule has 0 atom stereocenters. The Morgan fingerprint density at radius 3 is 2.39 bits per heavy atom. The molecule has 7 nitrogen and oxygen atoms in total. The zero-order valence-corrected chi connectivity index (χ0v) is 17.9. The molecule has 0 bridgehead atoms. The summed E-state index contributed by atoms with van der Waals surface area (Å²) in [6, 6.07) is 14.2. The van der Waals surface area contributed by atoms with Crippen LogP contribution in [0, 0.1) is 12.8 Å². The number of hydrogen-bond acceptors (Lipinski definition) is 6. The fourth-order valence-electron chi connectivity index (χ4n) is 3.74. The van der Waals surface area contributed by atoms with Crippen molar-refractivity contribution >= 4 is 22.4 Å². The second kappa shape index (κ2) is 7.91. The van der Waals surface area contributed by atoms with Crippen molar-refractivity contribution in [3.8, 4) is 17.3 Å². The summed E-state index contributed by atoms with van der Waals surface area (Å²) in [7, 11) is 3.35. The first-order valence-electron chi connectivity index (χ1n) is 10.4. The molecule has 0 saturated heterocycles. The zero-order chi connectivity index (χ0) is 21.4. The van der Waals surface area contributed by atoms with Crippen molar-refractivity contribution in [2.24, 2.45) is 5.92 Å². The molecule has 158 valence electrons. The van der Waals surface area contributed by atoms with Crippen LogP contribution in [-0.4, -0.2) is 40.5 Å². The lowest BCUT2D eigenvalue weighted by molar-refractivity contribution is 0.394. The lowest BCUT2D eigenvalue weighted by Gasteiger charge is -2.26. The lowest BCUT2D eigenvalue weighted by atomic mass is 10.2. The second-order valence-corrected chi connectivity index (χ2v) is 7.91. The minimum Gasteiger partial charge on any atom is -0.497 e. The summed E-state index contributed by atoms with van der Waals surface area (Å²) >= 11 is 0. The minimum atomic E-state index is 0.692. The predicted octanol–water partition coefficient (Wildman–Crippen LogP) is 4.69. The molecule has 0 unspecified atom stereocenters. The molecule has 31 heavy (non-hydrogen) atoms. The maximum absolute atomic E-state index is 5.50. The second-order valence-electron chi connectivity index (χ2n) is 7.91. The quantitative estimate of drug-likeness (QED) is 0.436. The Hall–Kier alpha value is -3.61. The number of nitrogens with zero attached hydrogens (tertiary/aromatic N) is 5. The van der Waals surface area contributed by atoms with Crippen LogP contribution < -0.4 is 14.4 Å². The first-order chi connectivity index (χ1) is 15.1. The molecule has 0 spiro atoms. The van der Waals surface area contributed by atoms with E-state index in [-0.39, 0.29) is 0 Å². The van der Waals surface area contributed by atoms with Gasteiger partial charge in [0.25, 0.3) is 0 Å². The van der Waals surface area contributed by atoms with Crippen LogP contribution in [0.1, 0.15) is 18.5 Å². The third-order valence-corrected chi connectivity index (χ3v) is 5.66. The van der Waals surface area contributed by atoms with E-state index in [2.05, 4.69) is 27.1 Å². The van der Waals surface area contributed by atoms with Gasteiger partial charge in [0.15, 0.2) is 5.82 Å². The van der Waals surface area contributed by atoms with E-state index in [1.165, 1.54) is 12.8 Å². The number of hydrogen-bond donors (Lipinski definition) is 0. The molecule has 2 aromatic heterocycles. The Balaban J connectivity index is 1.59. The average molecular weight is 415 g/mol. The molecule has 0 aliphatic heterocycles. The summed E-state index contributed by atoms with van der Waals surface area (Å²) in [5.74, 6) is 2.94. The Morgan fingerprint density at radius 1 is 0.968 bits per heavy atom. The Bertz CT molecular complexity index is 1210. The monoisotopic (exact) mass is 415 g/mol. The molecule has 4 aromatic rings. The summed E-state index contributed by atoms with van der Waals surface area (Å²) in [5.41, 5.74) is 4.81. The Labute approximate surface area is 181 Å². The van der Waals surface area contributed by atoms with Gasteiger partial charge in [-0.15, -0.1) is 0 Å². The summed E-state index contributed by atoms with van der Waals surface area (Å²) in [5, 5.41) is 4.36. The molecule has 1 fully saturated rings. The smallest absolute Gasteiger partial charge is 0.172 e. The van der Waals surface area contributed by atoms with Crippen LogP contribution in [0.25, 0.3) is 16.9 Å². The van der Waals surface area contributed by atoms with Crippen LogP contribution in [0.5, 0.6) is 11.5 Å². The van der Waals surface area contributed by atoms with E-state index < -0.39 is 0 Å². The standard InChI is InChI=1S/C24H25N5O2/c1-16-8-9-26-29(16)24-14-25-22-7-6-18(12-23(22)27-24)28(15-17-4-5-17)19-10-20(30-2)13-21(11-19)31-3/h6-14,17H,4-5,15H2,1-3H3. The average Bonchev–Trinajstić information content (AvgIpc) is 3.53. The molecule has 0 N–H and O–H groups in total. The van der Waals surface area contributed by atoms with Crippen LogP contribution in [0.2, 0.25) is 0 Å². The number of aromatic nitrogens is 4. The van der Waals surface area contributed by atoms with E-state index in [1.807, 2.05) is 37.3 Å². The third-order valence-electron chi connectivity index (χ3n) is 5.66. The van der Waals surface area contributed by atoms with Crippen LogP contribution in [0.3, 0.4) is 0 Å². The van der Waals surface area contributed by atoms with E-state index in [9.17, 15) is 0 Å². The fourth-order valence-corrected chi connectivity index (χ4v) is 3.74. The number of benzene rings is 2. The molecule has 0 radical (unpaired) electrons. The SMILES string of the molecule is COc1cc(OC)cc(N(CC2CC2)c2ccc3ncc(-n4nccc4C)nc3c2)c1. The first kappa shape index (κ1) is 19.4. The Kier molecular flexibility index (Phi) is 4.94. The van der Waals surface area contributed by atoms with Crippen molar-refractivity contribution in [1.82, 2.24) is 19.7 Å². The molecular formula is C24H25N5O2. The van der Waals surface area contributed by atoms with Gasteiger partial charge in [0.05, 0.1) is 31.4 Å². The van der Waals surface area contributed by atoms with Gasteiger partial charge in [-0.3, -0.25) is 4.98 Å². The topological polar surface area (TPSA) is 65.3 Å². The number of ether oxygens (including phenoxy) is 2. The predicted molar refractivity (Wildman–Crippen MR) is 121 cm³/mol.